The average Bonchev–Trinajstić information content (AvgIpc) is 2.81. The molecule has 0 spiro atoms. The summed E-state index contributed by atoms with van der Waals surface area (Å²) in [7, 11) is 1.80. The van der Waals surface area contributed by atoms with Gasteiger partial charge in [0.2, 0.25) is 11.0 Å². The lowest BCUT2D eigenvalue weighted by atomic mass is 10.2. The molecule has 1 aromatic rings. The van der Waals surface area contributed by atoms with Crippen LogP contribution in [0.25, 0.3) is 0 Å². The molecule has 1 rings (SSSR count). The van der Waals surface area contributed by atoms with E-state index in [1.165, 1.54) is 23.1 Å². The number of hydrogen-bond donors (Lipinski definition) is 2. The van der Waals surface area contributed by atoms with E-state index in [1.54, 1.807) is 7.05 Å². The zero-order chi connectivity index (χ0) is 12.7. The molecule has 0 radical (unpaired) electrons. The molecule has 17 heavy (non-hydrogen) atoms. The summed E-state index contributed by atoms with van der Waals surface area (Å²) >= 11 is 2.88. The molecule has 0 aliphatic carbocycles. The Labute approximate surface area is 110 Å². The molecule has 96 valence electrons. The third kappa shape index (κ3) is 4.91. The van der Waals surface area contributed by atoms with E-state index in [-0.39, 0.29) is 11.9 Å². The first kappa shape index (κ1) is 14.2. The van der Waals surface area contributed by atoms with E-state index in [0.717, 1.165) is 22.3 Å². The molecule has 2 N–H and O–H groups in total. The Hall–Kier alpha value is -0.820. The molecule has 0 saturated heterocycles. The van der Waals surface area contributed by atoms with Crippen molar-refractivity contribution in [1.29, 1.82) is 0 Å². The number of amides is 1. The van der Waals surface area contributed by atoms with Crippen LogP contribution in [0.2, 0.25) is 0 Å². The Bertz CT molecular complexity index is 352. The molecule has 1 amide bonds. The maximum atomic E-state index is 11.6. The van der Waals surface area contributed by atoms with Crippen molar-refractivity contribution in [3.05, 3.63) is 0 Å². The molecule has 1 heterocycles. The van der Waals surface area contributed by atoms with Gasteiger partial charge >= 0.3 is 0 Å². The lowest BCUT2D eigenvalue weighted by Crippen LogP contribution is -2.34. The number of hydrogen-bond acceptors (Lipinski definition) is 6. The number of carbonyl (C=O) groups is 1. The lowest BCUT2D eigenvalue weighted by Gasteiger charge is -2.13. The molecule has 0 aromatic carbocycles. The van der Waals surface area contributed by atoms with Crippen LogP contribution in [0.4, 0.5) is 5.13 Å². The molecule has 5 nitrogen and oxygen atoms in total. The normalized spacial score (nSPS) is 10.6. The smallest absolute Gasteiger partial charge is 0.230 e. The molecule has 0 bridgehead atoms. The number of aromatic nitrogens is 2. The number of anilines is 1. The van der Waals surface area contributed by atoms with E-state index in [2.05, 4.69) is 34.7 Å². The van der Waals surface area contributed by atoms with Gasteiger partial charge in [0.05, 0.1) is 5.75 Å². The first-order valence-electron chi connectivity index (χ1n) is 5.63. The van der Waals surface area contributed by atoms with Crippen LogP contribution in [-0.4, -0.2) is 34.9 Å². The fourth-order valence-electron chi connectivity index (χ4n) is 1.26. The Morgan fingerprint density at radius 3 is 2.65 bits per heavy atom. The first-order valence-corrected chi connectivity index (χ1v) is 7.43. The van der Waals surface area contributed by atoms with E-state index in [9.17, 15) is 4.79 Å². The Morgan fingerprint density at radius 2 is 2.12 bits per heavy atom. The molecule has 0 atom stereocenters. The quantitative estimate of drug-likeness (QED) is 0.744. The van der Waals surface area contributed by atoms with Crippen molar-refractivity contribution in [2.75, 3.05) is 18.1 Å². The van der Waals surface area contributed by atoms with Gasteiger partial charge in [-0.05, 0) is 12.8 Å². The van der Waals surface area contributed by atoms with Crippen LogP contribution in [-0.2, 0) is 4.79 Å². The van der Waals surface area contributed by atoms with Gasteiger partial charge in [-0.15, -0.1) is 10.2 Å². The topological polar surface area (TPSA) is 66.9 Å². The highest BCUT2D eigenvalue weighted by Gasteiger charge is 2.10. The van der Waals surface area contributed by atoms with Crippen molar-refractivity contribution < 1.29 is 4.79 Å². The third-order valence-electron chi connectivity index (χ3n) is 2.30. The van der Waals surface area contributed by atoms with Gasteiger partial charge in [-0.25, -0.2) is 0 Å². The average molecular weight is 274 g/mol. The minimum Gasteiger partial charge on any atom is -0.363 e. The summed E-state index contributed by atoms with van der Waals surface area (Å²) in [5.41, 5.74) is 0. The van der Waals surface area contributed by atoms with Gasteiger partial charge in [-0.1, -0.05) is 36.9 Å². The highest BCUT2D eigenvalue weighted by molar-refractivity contribution is 8.01. The monoisotopic (exact) mass is 274 g/mol. The van der Waals surface area contributed by atoms with Gasteiger partial charge in [0.1, 0.15) is 0 Å². The van der Waals surface area contributed by atoms with Gasteiger partial charge in [0, 0.05) is 13.1 Å². The standard InChI is InChI=1S/C10H18N4OS2/c1-4-7(5-2)12-8(15)6-16-10-14-13-9(11-3)17-10/h7H,4-6H2,1-3H3,(H,11,13)(H,12,15). The second kappa shape index (κ2) is 7.50. The predicted molar refractivity (Wildman–Crippen MR) is 72.7 cm³/mol. The Balaban J connectivity index is 2.32. The maximum absolute atomic E-state index is 11.6. The minimum absolute atomic E-state index is 0.0601. The Kier molecular flexibility index (Phi) is 6.28. The SMILES string of the molecule is CCC(CC)NC(=O)CSc1nnc(NC)s1. The van der Waals surface area contributed by atoms with E-state index in [1.807, 2.05) is 0 Å². The summed E-state index contributed by atoms with van der Waals surface area (Å²) < 4.78 is 0.814. The van der Waals surface area contributed by atoms with Crippen LogP contribution in [0.15, 0.2) is 4.34 Å². The van der Waals surface area contributed by atoms with Gasteiger partial charge in [-0.3, -0.25) is 4.79 Å². The molecular weight excluding hydrogens is 256 g/mol. The van der Waals surface area contributed by atoms with Gasteiger partial charge < -0.3 is 10.6 Å². The summed E-state index contributed by atoms with van der Waals surface area (Å²) in [6.07, 6.45) is 1.94. The highest BCUT2D eigenvalue weighted by Crippen LogP contribution is 2.24. The summed E-state index contributed by atoms with van der Waals surface area (Å²) in [4.78, 5) is 11.6. The van der Waals surface area contributed by atoms with Gasteiger partial charge in [0.25, 0.3) is 0 Å². The second-order valence-electron chi connectivity index (χ2n) is 3.49. The third-order valence-corrected chi connectivity index (χ3v) is 4.37. The van der Waals surface area contributed by atoms with Crippen molar-refractivity contribution in [2.45, 2.75) is 37.1 Å². The minimum atomic E-state index is 0.0601. The highest BCUT2D eigenvalue weighted by atomic mass is 32.2. The van der Waals surface area contributed by atoms with Crippen LogP contribution in [0.3, 0.4) is 0 Å². The molecule has 0 aliphatic heterocycles. The summed E-state index contributed by atoms with van der Waals surface area (Å²) in [5, 5.41) is 14.6. The number of thioether (sulfide) groups is 1. The van der Waals surface area contributed by atoms with Crippen LogP contribution in [0, 0.1) is 0 Å². The van der Waals surface area contributed by atoms with Crippen molar-refractivity contribution in [3.8, 4) is 0 Å². The largest absolute Gasteiger partial charge is 0.363 e. The summed E-state index contributed by atoms with van der Waals surface area (Å²) in [5.74, 6) is 0.458. The van der Waals surface area contributed by atoms with Crippen LogP contribution >= 0.6 is 23.1 Å². The van der Waals surface area contributed by atoms with Crippen LogP contribution in [0.5, 0.6) is 0 Å². The number of nitrogens with zero attached hydrogens (tertiary/aromatic N) is 2. The Morgan fingerprint density at radius 1 is 1.41 bits per heavy atom. The van der Waals surface area contributed by atoms with Crippen molar-refractivity contribution in [2.24, 2.45) is 0 Å². The zero-order valence-electron chi connectivity index (χ0n) is 10.3. The summed E-state index contributed by atoms with van der Waals surface area (Å²) in [6.45, 7) is 4.15. The number of rotatable bonds is 7. The molecule has 0 unspecified atom stereocenters. The van der Waals surface area contributed by atoms with E-state index in [4.69, 9.17) is 0 Å². The maximum Gasteiger partial charge on any atom is 0.230 e. The van der Waals surface area contributed by atoms with Gasteiger partial charge in [-0.2, -0.15) is 0 Å². The fourth-order valence-corrected chi connectivity index (χ4v) is 2.78. The molecule has 0 saturated carbocycles. The van der Waals surface area contributed by atoms with Gasteiger partial charge in [0.15, 0.2) is 4.34 Å². The van der Waals surface area contributed by atoms with Crippen LogP contribution in [0.1, 0.15) is 26.7 Å². The summed E-state index contributed by atoms with van der Waals surface area (Å²) in [6, 6.07) is 0.283. The van der Waals surface area contributed by atoms with Crippen LogP contribution < -0.4 is 10.6 Å². The van der Waals surface area contributed by atoms with E-state index >= 15 is 0 Å². The number of carbonyl (C=O) groups excluding carboxylic acids is 1. The molecule has 0 aliphatic rings. The molecular formula is C10H18N4OS2. The van der Waals surface area contributed by atoms with Crippen molar-refractivity contribution in [1.82, 2.24) is 15.5 Å². The number of nitrogens with one attached hydrogen (secondary N) is 2. The molecule has 0 fully saturated rings. The lowest BCUT2D eigenvalue weighted by molar-refractivity contribution is -0.119. The first-order chi connectivity index (χ1) is 8.19. The van der Waals surface area contributed by atoms with E-state index < -0.39 is 0 Å². The van der Waals surface area contributed by atoms with E-state index in [0.29, 0.717) is 5.75 Å². The molecule has 1 aromatic heterocycles. The van der Waals surface area contributed by atoms with Crippen molar-refractivity contribution in [3.63, 3.8) is 0 Å². The second-order valence-corrected chi connectivity index (χ2v) is 5.69. The zero-order valence-corrected chi connectivity index (χ0v) is 12.0. The molecule has 7 heteroatoms. The fraction of sp³-hybridized carbons (Fsp3) is 0.700. The predicted octanol–water partition coefficient (Wildman–Crippen LogP) is 1.98. The van der Waals surface area contributed by atoms with Crippen molar-refractivity contribution >= 4 is 34.1 Å².